The number of thiophene rings is 1. The third kappa shape index (κ3) is 6.36. The average molecular weight is 688 g/mol. The van der Waals surface area contributed by atoms with Gasteiger partial charge >= 0.3 is 5.97 Å². The van der Waals surface area contributed by atoms with Crippen LogP contribution in [0.2, 0.25) is 0 Å². The number of carbonyl (C=O) groups is 4. The van der Waals surface area contributed by atoms with Gasteiger partial charge in [-0.25, -0.2) is 24.2 Å². The molecular weight excluding hydrogens is 653 g/mol. The number of carbonyl (C=O) groups excluding carboxylic acids is 3. The maximum Gasteiger partial charge on any atom is 0.330 e. The molecule has 1 aliphatic carbocycles. The van der Waals surface area contributed by atoms with Crippen LogP contribution in [0.25, 0.3) is 21.6 Å². The van der Waals surface area contributed by atoms with Crippen LogP contribution in [0.4, 0.5) is 4.39 Å². The van der Waals surface area contributed by atoms with Gasteiger partial charge in [0.1, 0.15) is 35.2 Å². The molecule has 1 saturated heterocycles. The molecule has 49 heavy (non-hydrogen) atoms. The third-order valence-electron chi connectivity index (χ3n) is 8.91. The number of ether oxygens (including phenoxy) is 1. The van der Waals surface area contributed by atoms with Crippen LogP contribution in [0.1, 0.15) is 37.0 Å². The monoisotopic (exact) mass is 687 g/mol. The van der Waals surface area contributed by atoms with Gasteiger partial charge in [0.05, 0.1) is 28.0 Å². The molecule has 2 fully saturated rings. The summed E-state index contributed by atoms with van der Waals surface area (Å²) >= 11 is 1.43. The molecule has 2 aromatic carbocycles. The van der Waals surface area contributed by atoms with Crippen molar-refractivity contribution in [3.63, 3.8) is 0 Å². The number of benzene rings is 2. The number of halogens is 1. The summed E-state index contributed by atoms with van der Waals surface area (Å²) in [4.78, 5) is 65.1. The number of fused-ring (bicyclic) bond motifs is 1. The number of aliphatic carboxylic acids is 1. The van der Waals surface area contributed by atoms with Crippen molar-refractivity contribution in [2.24, 2.45) is 11.8 Å². The predicted octanol–water partition coefficient (Wildman–Crippen LogP) is 4.55. The largest absolute Gasteiger partial charge is 0.479 e. The van der Waals surface area contributed by atoms with E-state index < -0.39 is 70.6 Å². The summed E-state index contributed by atoms with van der Waals surface area (Å²) in [6.07, 6.45) is 0.689. The van der Waals surface area contributed by atoms with Gasteiger partial charge in [-0.2, -0.15) is 0 Å². The molecule has 6 rings (SSSR count). The number of hydrogen-bond acceptors (Lipinski definition) is 9. The van der Waals surface area contributed by atoms with E-state index in [0.29, 0.717) is 16.7 Å². The van der Waals surface area contributed by atoms with Crippen molar-refractivity contribution in [1.29, 1.82) is 0 Å². The Kier molecular flexibility index (Phi) is 9.18. The standard InChI is InChI=1S/C35H34FN5O7S/c1-4-20-17-35(20,34(45)46)39-30(42)26-16-21(48-31-28(27-14-9-15-49-27)37-24-12-7-8-13-25(24)38-31)18-40(26)33(44)29(19(2)3)41(47)32(43)22-10-5-6-11-23(22)36/h4-15,19-21,26,29,47H,1,16-18H2,2-3H3,(H,39,42)(H,45,46)/t20-,21-,26+,29?,35?/m1/s1. The number of rotatable bonds is 11. The fraction of sp³-hybridized carbons (Fsp3) is 0.314. The van der Waals surface area contributed by atoms with Crippen molar-refractivity contribution in [3.05, 3.63) is 90.1 Å². The lowest BCUT2D eigenvalue weighted by Gasteiger charge is -2.34. The van der Waals surface area contributed by atoms with Gasteiger partial charge in [0.25, 0.3) is 5.91 Å². The van der Waals surface area contributed by atoms with Gasteiger partial charge in [-0.05, 0) is 48.1 Å². The lowest BCUT2D eigenvalue weighted by molar-refractivity contribution is -0.159. The Morgan fingerprint density at radius 1 is 1.10 bits per heavy atom. The molecule has 0 bridgehead atoms. The van der Waals surface area contributed by atoms with Gasteiger partial charge < -0.3 is 20.1 Å². The molecule has 254 valence electrons. The molecule has 3 amide bonds. The zero-order chi connectivity index (χ0) is 35.0. The van der Waals surface area contributed by atoms with Crippen LogP contribution < -0.4 is 10.1 Å². The van der Waals surface area contributed by atoms with E-state index in [1.54, 1.807) is 19.9 Å². The maximum absolute atomic E-state index is 14.5. The van der Waals surface area contributed by atoms with E-state index in [1.165, 1.54) is 40.5 Å². The van der Waals surface area contributed by atoms with E-state index in [9.17, 15) is 33.9 Å². The van der Waals surface area contributed by atoms with Crippen LogP contribution in [0.3, 0.4) is 0 Å². The number of amides is 3. The molecule has 4 aromatic rings. The highest BCUT2D eigenvalue weighted by molar-refractivity contribution is 7.13. The summed E-state index contributed by atoms with van der Waals surface area (Å²) in [6.45, 7) is 6.68. The molecule has 2 aliphatic rings. The first-order chi connectivity index (χ1) is 23.4. The van der Waals surface area contributed by atoms with Crippen molar-refractivity contribution < 1.29 is 38.6 Å². The third-order valence-corrected chi connectivity index (χ3v) is 9.78. The Bertz CT molecular complexity index is 1940. The summed E-state index contributed by atoms with van der Waals surface area (Å²) in [5.74, 6) is -5.84. The molecule has 5 atom stereocenters. The summed E-state index contributed by atoms with van der Waals surface area (Å²) in [5.41, 5.74) is -0.351. The van der Waals surface area contributed by atoms with Gasteiger partial charge in [-0.1, -0.05) is 50.3 Å². The molecule has 3 N–H and O–H groups in total. The molecule has 3 heterocycles. The number of likely N-dealkylation sites (tertiary alicyclic amines) is 1. The van der Waals surface area contributed by atoms with E-state index in [4.69, 9.17) is 14.7 Å². The first-order valence-corrected chi connectivity index (χ1v) is 16.6. The van der Waals surface area contributed by atoms with Crippen LogP contribution in [0.5, 0.6) is 5.88 Å². The Hall–Kier alpha value is -5.21. The van der Waals surface area contributed by atoms with E-state index in [0.717, 1.165) is 10.9 Å². The van der Waals surface area contributed by atoms with Crippen molar-refractivity contribution in [3.8, 4) is 16.5 Å². The number of hydrogen-bond donors (Lipinski definition) is 3. The van der Waals surface area contributed by atoms with Crippen LogP contribution in [0.15, 0.2) is 78.7 Å². The number of nitrogens with zero attached hydrogens (tertiary/aromatic N) is 4. The normalized spacial score (nSPS) is 22.1. The van der Waals surface area contributed by atoms with Crippen LogP contribution >= 0.6 is 11.3 Å². The first-order valence-electron chi connectivity index (χ1n) is 15.7. The highest BCUT2D eigenvalue weighted by atomic mass is 32.1. The minimum atomic E-state index is -1.58. The van der Waals surface area contributed by atoms with Crippen molar-refractivity contribution in [1.82, 2.24) is 25.2 Å². The highest BCUT2D eigenvalue weighted by Crippen LogP contribution is 2.45. The topological polar surface area (TPSA) is 162 Å². The Morgan fingerprint density at radius 2 is 1.80 bits per heavy atom. The van der Waals surface area contributed by atoms with E-state index in [1.807, 2.05) is 35.7 Å². The number of carboxylic acids is 1. The van der Waals surface area contributed by atoms with Crippen molar-refractivity contribution in [2.45, 2.75) is 50.4 Å². The molecule has 12 nitrogen and oxygen atoms in total. The van der Waals surface area contributed by atoms with Crippen LogP contribution in [-0.2, 0) is 14.4 Å². The predicted molar refractivity (Wildman–Crippen MR) is 177 cm³/mol. The zero-order valence-electron chi connectivity index (χ0n) is 26.7. The molecule has 0 radical (unpaired) electrons. The van der Waals surface area contributed by atoms with Crippen LogP contribution in [-0.4, -0.2) is 84.2 Å². The molecule has 1 aliphatic heterocycles. The highest BCUT2D eigenvalue weighted by Gasteiger charge is 2.61. The summed E-state index contributed by atoms with van der Waals surface area (Å²) in [5, 5.41) is 25.7. The molecule has 2 unspecified atom stereocenters. The molecular formula is C35H34FN5O7S. The number of aromatic nitrogens is 2. The van der Waals surface area contributed by atoms with E-state index >= 15 is 0 Å². The van der Waals surface area contributed by atoms with Gasteiger partial charge in [-0.15, -0.1) is 17.9 Å². The average Bonchev–Trinajstić information content (AvgIpc) is 3.37. The van der Waals surface area contributed by atoms with E-state index in [-0.39, 0.29) is 30.3 Å². The lowest BCUT2D eigenvalue weighted by atomic mass is 10.0. The zero-order valence-corrected chi connectivity index (χ0v) is 27.5. The summed E-state index contributed by atoms with van der Waals surface area (Å²) in [7, 11) is 0. The second-order valence-electron chi connectivity index (χ2n) is 12.5. The Morgan fingerprint density at radius 3 is 2.41 bits per heavy atom. The van der Waals surface area contributed by atoms with Gasteiger partial charge in [0.2, 0.25) is 17.7 Å². The first kappa shape index (κ1) is 33.7. The van der Waals surface area contributed by atoms with Gasteiger partial charge in [-0.3, -0.25) is 19.6 Å². The minimum Gasteiger partial charge on any atom is -0.479 e. The quantitative estimate of drug-likeness (QED) is 0.117. The molecule has 14 heteroatoms. The second kappa shape index (κ2) is 13.4. The number of nitrogens with one attached hydrogen (secondary N) is 1. The Labute approximate surface area is 284 Å². The minimum absolute atomic E-state index is 0.0675. The number of hydroxylamine groups is 2. The summed E-state index contributed by atoms with van der Waals surface area (Å²) in [6, 6.07) is 13.2. The molecule has 2 aromatic heterocycles. The van der Waals surface area contributed by atoms with Crippen LogP contribution in [0, 0.1) is 17.7 Å². The van der Waals surface area contributed by atoms with Gasteiger partial charge in [0.15, 0.2) is 0 Å². The second-order valence-corrected chi connectivity index (χ2v) is 13.4. The fourth-order valence-electron chi connectivity index (χ4n) is 6.22. The van der Waals surface area contributed by atoms with Crippen molar-refractivity contribution >= 4 is 46.1 Å². The van der Waals surface area contributed by atoms with E-state index in [2.05, 4.69) is 11.9 Å². The summed E-state index contributed by atoms with van der Waals surface area (Å²) < 4.78 is 20.9. The smallest absolute Gasteiger partial charge is 0.330 e. The number of carboxylic acid groups (broad SMARTS) is 1. The fourth-order valence-corrected chi connectivity index (χ4v) is 6.92. The maximum atomic E-state index is 14.5. The lowest BCUT2D eigenvalue weighted by Crippen LogP contribution is -2.57. The SMILES string of the molecule is C=C[C@@H]1CC1(NC(=O)[C@@H]1C[C@@H](Oc2nc3ccccc3nc2-c2cccs2)CN1C(=O)C(C(C)C)N(O)C(=O)c1ccccc1F)C(=O)O. The molecule has 0 spiro atoms. The Balaban J connectivity index is 1.34. The van der Waals surface area contributed by atoms with Crippen molar-refractivity contribution in [2.75, 3.05) is 6.54 Å². The molecule has 1 saturated carbocycles. The van der Waals surface area contributed by atoms with Gasteiger partial charge in [0, 0.05) is 12.3 Å². The number of para-hydroxylation sites is 2.